The standard InChI is InChI=1S/C22H16O2.2Y/c1-13-3-7-17-15(11-13)5-9-19(23)21(17)22-18-8-4-14(2)12-16(18)6-10-20(22)24;;/h3-8,11-12,23-24H,1-2H3;;/q-2;;. The van der Waals surface area contributed by atoms with Crippen LogP contribution >= 0.6 is 0 Å². The SMILES string of the molecule is Cc1ccc2c(-c3c(O)[c-]cc4cc(C)ccc34)c(O)[c-]cc2c1.[Y].[Y]. The Labute approximate surface area is 203 Å². The summed E-state index contributed by atoms with van der Waals surface area (Å²) >= 11 is 0. The van der Waals surface area contributed by atoms with Crippen LogP contribution in [0.2, 0.25) is 0 Å². The minimum Gasteiger partial charge on any atom is -0.534 e. The molecule has 2 N–H and O–H groups in total. The molecule has 0 aromatic heterocycles. The van der Waals surface area contributed by atoms with Gasteiger partial charge in [-0.05, 0) is 13.8 Å². The van der Waals surface area contributed by atoms with Gasteiger partial charge < -0.3 is 10.2 Å². The third kappa shape index (κ3) is 3.76. The predicted molar refractivity (Wildman–Crippen MR) is 97.4 cm³/mol. The van der Waals surface area contributed by atoms with E-state index in [1.165, 1.54) is 0 Å². The number of phenolic OH excluding ortho intramolecular Hbond substituents is 2. The molecule has 2 radical (unpaired) electrons. The Morgan fingerprint density at radius 1 is 0.654 bits per heavy atom. The minimum atomic E-state index is 0. The van der Waals surface area contributed by atoms with Crippen molar-refractivity contribution in [2.24, 2.45) is 0 Å². The molecule has 26 heavy (non-hydrogen) atoms. The van der Waals surface area contributed by atoms with E-state index < -0.39 is 0 Å². The molecule has 0 bridgehead atoms. The van der Waals surface area contributed by atoms with Gasteiger partial charge in [-0.3, -0.25) is 0 Å². The Kier molecular flexibility index (Phi) is 7.02. The number of hydrogen-bond donors (Lipinski definition) is 2. The van der Waals surface area contributed by atoms with Crippen molar-refractivity contribution in [1.82, 2.24) is 0 Å². The first-order valence-corrected chi connectivity index (χ1v) is 7.83. The topological polar surface area (TPSA) is 40.5 Å². The Morgan fingerprint density at radius 3 is 1.42 bits per heavy atom. The van der Waals surface area contributed by atoms with E-state index >= 15 is 0 Å². The van der Waals surface area contributed by atoms with E-state index in [0.717, 1.165) is 32.7 Å². The zero-order chi connectivity index (χ0) is 16.8. The van der Waals surface area contributed by atoms with Gasteiger partial charge in [0.15, 0.2) is 0 Å². The molecule has 2 nitrogen and oxygen atoms in total. The fraction of sp³-hybridized carbons (Fsp3) is 0.0909. The minimum absolute atomic E-state index is 0. The molecular formula is C22H16O2Y2-2. The van der Waals surface area contributed by atoms with E-state index in [-0.39, 0.29) is 76.9 Å². The molecule has 0 aliphatic rings. The van der Waals surface area contributed by atoms with Gasteiger partial charge >= 0.3 is 0 Å². The third-order valence-electron chi connectivity index (χ3n) is 4.41. The van der Waals surface area contributed by atoms with Gasteiger partial charge in [-0.2, -0.15) is 12.1 Å². The average molecular weight is 490 g/mol. The smallest absolute Gasteiger partial charge is 0.000302 e. The summed E-state index contributed by atoms with van der Waals surface area (Å²) < 4.78 is 0. The first kappa shape index (κ1) is 21.5. The van der Waals surface area contributed by atoms with Crippen molar-refractivity contribution < 1.29 is 75.6 Å². The molecule has 0 aliphatic carbocycles. The van der Waals surface area contributed by atoms with Crippen molar-refractivity contribution in [3.05, 3.63) is 71.8 Å². The van der Waals surface area contributed by atoms with Gasteiger partial charge in [-0.25, -0.2) is 0 Å². The van der Waals surface area contributed by atoms with Crippen molar-refractivity contribution >= 4 is 21.5 Å². The second kappa shape index (κ2) is 8.48. The fourth-order valence-corrected chi connectivity index (χ4v) is 3.26. The normalized spacial score (nSPS) is 10.4. The van der Waals surface area contributed by atoms with Crippen LogP contribution in [0.1, 0.15) is 11.1 Å². The van der Waals surface area contributed by atoms with Crippen LogP contribution in [-0.4, -0.2) is 10.2 Å². The van der Waals surface area contributed by atoms with Crippen molar-refractivity contribution in [2.75, 3.05) is 0 Å². The van der Waals surface area contributed by atoms with E-state index in [9.17, 15) is 10.2 Å². The van der Waals surface area contributed by atoms with E-state index in [4.69, 9.17) is 0 Å². The largest absolute Gasteiger partial charge is 0.534 e. The number of aryl methyl sites for hydroxylation is 2. The van der Waals surface area contributed by atoms with E-state index in [0.29, 0.717) is 11.1 Å². The molecule has 0 saturated heterocycles. The molecule has 124 valence electrons. The summed E-state index contributed by atoms with van der Waals surface area (Å²) in [6.07, 6.45) is 0. The maximum absolute atomic E-state index is 10.5. The van der Waals surface area contributed by atoms with E-state index in [1.54, 1.807) is 12.1 Å². The van der Waals surface area contributed by atoms with Crippen molar-refractivity contribution in [1.29, 1.82) is 0 Å². The van der Waals surface area contributed by atoms with Crippen LogP contribution in [0, 0.1) is 26.0 Å². The van der Waals surface area contributed by atoms with Crippen LogP contribution in [0.25, 0.3) is 32.7 Å². The molecule has 0 heterocycles. The van der Waals surface area contributed by atoms with Gasteiger partial charge in [0.1, 0.15) is 0 Å². The summed E-state index contributed by atoms with van der Waals surface area (Å²) in [5.41, 5.74) is 3.46. The maximum Gasteiger partial charge on any atom is 0.000302 e. The van der Waals surface area contributed by atoms with Crippen LogP contribution in [-0.2, 0) is 65.4 Å². The van der Waals surface area contributed by atoms with Crippen LogP contribution in [0.3, 0.4) is 0 Å². The predicted octanol–water partition coefficient (Wildman–Crippen LogP) is 5.28. The Hall–Kier alpha value is -0.792. The molecule has 4 aromatic rings. The fourth-order valence-electron chi connectivity index (χ4n) is 3.26. The summed E-state index contributed by atoms with van der Waals surface area (Å²) in [6.45, 7) is 4.05. The van der Waals surface area contributed by atoms with Crippen molar-refractivity contribution in [3.63, 3.8) is 0 Å². The zero-order valence-electron chi connectivity index (χ0n) is 14.7. The number of aromatic hydroxyl groups is 2. The molecule has 0 unspecified atom stereocenters. The van der Waals surface area contributed by atoms with E-state index in [2.05, 4.69) is 12.1 Å². The maximum atomic E-state index is 10.5. The van der Waals surface area contributed by atoms with Crippen LogP contribution in [0.15, 0.2) is 48.5 Å². The molecule has 4 heteroatoms. The Morgan fingerprint density at radius 2 is 1.04 bits per heavy atom. The molecular weight excluding hydrogens is 474 g/mol. The molecule has 0 spiro atoms. The molecule has 0 aliphatic heterocycles. The van der Waals surface area contributed by atoms with E-state index in [1.807, 2.05) is 50.2 Å². The summed E-state index contributed by atoms with van der Waals surface area (Å²) in [4.78, 5) is 0. The second-order valence-electron chi connectivity index (χ2n) is 6.21. The Balaban J connectivity index is 0.00000121. The Bertz CT molecular complexity index is 1010. The zero-order valence-corrected chi connectivity index (χ0v) is 20.3. The number of phenols is 2. The number of hydrogen-bond acceptors (Lipinski definition) is 2. The summed E-state index contributed by atoms with van der Waals surface area (Å²) in [5.74, 6) is 0.0613. The summed E-state index contributed by atoms with van der Waals surface area (Å²) in [6, 6.07) is 21.4. The average Bonchev–Trinajstić information content (AvgIpc) is 2.56. The quantitative estimate of drug-likeness (QED) is 0.357. The van der Waals surface area contributed by atoms with Gasteiger partial charge in [0.05, 0.1) is 0 Å². The van der Waals surface area contributed by atoms with Gasteiger partial charge in [-0.15, -0.1) is 56.9 Å². The second-order valence-corrected chi connectivity index (χ2v) is 6.21. The van der Waals surface area contributed by atoms with Gasteiger partial charge in [0, 0.05) is 76.9 Å². The molecule has 0 saturated carbocycles. The molecule has 4 aromatic carbocycles. The molecule has 0 fully saturated rings. The van der Waals surface area contributed by atoms with Crippen LogP contribution < -0.4 is 0 Å². The third-order valence-corrected chi connectivity index (χ3v) is 4.41. The summed E-state index contributed by atoms with van der Waals surface area (Å²) in [7, 11) is 0. The molecule has 4 rings (SSSR count). The van der Waals surface area contributed by atoms with Crippen molar-refractivity contribution in [2.45, 2.75) is 13.8 Å². The van der Waals surface area contributed by atoms with Crippen LogP contribution in [0.5, 0.6) is 11.5 Å². The van der Waals surface area contributed by atoms with Crippen molar-refractivity contribution in [3.8, 4) is 22.6 Å². The van der Waals surface area contributed by atoms with Gasteiger partial charge in [-0.1, -0.05) is 35.4 Å². The monoisotopic (exact) mass is 490 g/mol. The first-order chi connectivity index (χ1) is 11.5. The summed E-state index contributed by atoms with van der Waals surface area (Å²) in [5, 5.41) is 24.7. The molecule has 0 atom stereocenters. The number of benzene rings is 4. The first-order valence-electron chi connectivity index (χ1n) is 7.83. The number of rotatable bonds is 1. The van der Waals surface area contributed by atoms with Gasteiger partial charge in [0.2, 0.25) is 0 Å². The van der Waals surface area contributed by atoms with Crippen LogP contribution in [0.4, 0.5) is 0 Å². The number of fused-ring (bicyclic) bond motifs is 2. The van der Waals surface area contributed by atoms with Gasteiger partial charge in [0.25, 0.3) is 0 Å². The molecule has 0 amide bonds.